The third-order valence-electron chi connectivity index (χ3n) is 5.52. The van der Waals surface area contributed by atoms with Crippen LogP contribution in [0.1, 0.15) is 49.8 Å². The number of carbonyl (C=O) groups is 1. The topological polar surface area (TPSA) is 55.6 Å². The summed E-state index contributed by atoms with van der Waals surface area (Å²) in [6.45, 7) is 2.92. The second-order valence-corrected chi connectivity index (χ2v) is 7.57. The fourth-order valence-electron chi connectivity index (χ4n) is 3.95. The first-order chi connectivity index (χ1) is 12.2. The van der Waals surface area contributed by atoms with Crippen molar-refractivity contribution in [2.24, 2.45) is 11.7 Å². The number of amides is 1. The first-order valence-corrected chi connectivity index (χ1v) is 9.05. The van der Waals surface area contributed by atoms with Crippen LogP contribution in [0.25, 0.3) is 0 Å². The Morgan fingerprint density at radius 2 is 2.07 bits per heavy atom. The van der Waals surface area contributed by atoms with E-state index in [1.807, 2.05) is 6.92 Å². The fourth-order valence-corrected chi connectivity index (χ4v) is 3.95. The summed E-state index contributed by atoms with van der Waals surface area (Å²) in [5, 5.41) is 0. The number of nitrogens with zero attached hydrogens (tertiary/aromatic N) is 1. The number of nitrogens with two attached hydrogens (primary N) is 1. The van der Waals surface area contributed by atoms with Crippen LogP contribution in [0.15, 0.2) is 24.3 Å². The van der Waals surface area contributed by atoms with Gasteiger partial charge in [-0.05, 0) is 37.5 Å². The Kier molecular flexibility index (Phi) is 6.81. The summed E-state index contributed by atoms with van der Waals surface area (Å²) in [6, 6.07) is 5.13. The standard InChI is InChI=1S/C19H25F3N2O2.ClH/c1-18(23)8-3-2-7-15(18)17(25)24-9-10-26-16(12-24)13-5-4-6-14(11-13)19(20,21)22;/h4-6,11,15-16H,2-3,7-10,12,23H2,1H3;1H. The van der Waals surface area contributed by atoms with E-state index < -0.39 is 23.4 Å². The molecule has 27 heavy (non-hydrogen) atoms. The molecule has 8 heteroatoms. The predicted octanol–water partition coefficient (Wildman–Crippen LogP) is 3.93. The van der Waals surface area contributed by atoms with E-state index in [9.17, 15) is 18.0 Å². The van der Waals surface area contributed by atoms with Crippen LogP contribution in [-0.4, -0.2) is 36.0 Å². The molecule has 1 saturated carbocycles. The van der Waals surface area contributed by atoms with Crippen molar-refractivity contribution in [3.8, 4) is 0 Å². The highest BCUT2D eigenvalue weighted by molar-refractivity contribution is 5.85. The van der Waals surface area contributed by atoms with E-state index in [2.05, 4.69) is 0 Å². The summed E-state index contributed by atoms with van der Waals surface area (Å²) in [6.07, 6.45) is -1.38. The molecule has 3 atom stereocenters. The summed E-state index contributed by atoms with van der Waals surface area (Å²) in [5.41, 5.74) is 5.55. The van der Waals surface area contributed by atoms with Gasteiger partial charge in [-0.2, -0.15) is 13.2 Å². The van der Waals surface area contributed by atoms with Gasteiger partial charge in [0.1, 0.15) is 6.10 Å². The molecule has 4 nitrogen and oxygen atoms in total. The van der Waals surface area contributed by atoms with Crippen LogP contribution in [0.5, 0.6) is 0 Å². The van der Waals surface area contributed by atoms with Crippen molar-refractivity contribution in [2.75, 3.05) is 19.7 Å². The SMILES string of the molecule is CC1(N)CCCCC1C(=O)N1CCOC(c2cccc(C(F)(F)F)c2)C1.Cl. The zero-order chi connectivity index (χ0) is 18.9. The molecule has 2 fully saturated rings. The summed E-state index contributed by atoms with van der Waals surface area (Å²) in [7, 11) is 0. The molecular weight excluding hydrogens is 381 g/mol. The Balaban J connectivity index is 0.00000261. The minimum atomic E-state index is -4.40. The lowest BCUT2D eigenvalue weighted by Gasteiger charge is -2.42. The maximum absolute atomic E-state index is 13.0. The Labute approximate surface area is 163 Å². The Hall–Kier alpha value is -1.31. The van der Waals surface area contributed by atoms with Crippen molar-refractivity contribution in [3.63, 3.8) is 0 Å². The van der Waals surface area contributed by atoms with Crippen LogP contribution < -0.4 is 5.73 Å². The molecule has 1 heterocycles. The summed E-state index contributed by atoms with van der Waals surface area (Å²) >= 11 is 0. The number of hydrogen-bond acceptors (Lipinski definition) is 3. The van der Waals surface area contributed by atoms with Crippen molar-refractivity contribution < 1.29 is 22.7 Å². The quantitative estimate of drug-likeness (QED) is 0.809. The lowest BCUT2D eigenvalue weighted by molar-refractivity contribution is -0.147. The van der Waals surface area contributed by atoms with Crippen molar-refractivity contribution in [1.82, 2.24) is 4.90 Å². The predicted molar refractivity (Wildman–Crippen MR) is 98.5 cm³/mol. The highest BCUT2D eigenvalue weighted by Gasteiger charge is 2.41. The molecule has 1 aromatic carbocycles. The molecule has 0 radical (unpaired) electrons. The van der Waals surface area contributed by atoms with Crippen LogP contribution >= 0.6 is 12.4 Å². The zero-order valence-electron chi connectivity index (χ0n) is 15.3. The van der Waals surface area contributed by atoms with Crippen LogP contribution in [-0.2, 0) is 15.7 Å². The molecule has 1 amide bonds. The van der Waals surface area contributed by atoms with E-state index in [4.69, 9.17) is 10.5 Å². The van der Waals surface area contributed by atoms with Crippen LogP contribution in [0.4, 0.5) is 13.2 Å². The average Bonchev–Trinajstić information content (AvgIpc) is 2.60. The third kappa shape index (κ3) is 4.95. The van der Waals surface area contributed by atoms with E-state index in [1.54, 1.807) is 11.0 Å². The second-order valence-electron chi connectivity index (χ2n) is 7.57. The van der Waals surface area contributed by atoms with Crippen molar-refractivity contribution in [2.45, 2.75) is 50.4 Å². The number of hydrogen-bond donors (Lipinski definition) is 1. The molecule has 1 aliphatic heterocycles. The van der Waals surface area contributed by atoms with Gasteiger partial charge in [0.05, 0.1) is 24.6 Å². The molecule has 1 aliphatic carbocycles. The van der Waals surface area contributed by atoms with E-state index in [1.165, 1.54) is 6.07 Å². The van der Waals surface area contributed by atoms with Crippen molar-refractivity contribution in [1.29, 1.82) is 0 Å². The van der Waals surface area contributed by atoms with Gasteiger partial charge in [0.25, 0.3) is 0 Å². The average molecular weight is 407 g/mol. The van der Waals surface area contributed by atoms with E-state index in [0.717, 1.165) is 37.8 Å². The van der Waals surface area contributed by atoms with Crippen LogP contribution in [0.2, 0.25) is 0 Å². The monoisotopic (exact) mass is 406 g/mol. The fraction of sp³-hybridized carbons (Fsp3) is 0.632. The molecule has 2 aliphatic rings. The maximum Gasteiger partial charge on any atom is 0.416 e. The van der Waals surface area contributed by atoms with Crippen LogP contribution in [0.3, 0.4) is 0 Å². The number of benzene rings is 1. The van der Waals surface area contributed by atoms with Gasteiger partial charge < -0.3 is 15.4 Å². The molecule has 0 bridgehead atoms. The molecule has 0 aromatic heterocycles. The number of morpholine rings is 1. The van der Waals surface area contributed by atoms with Gasteiger partial charge in [0, 0.05) is 12.1 Å². The van der Waals surface area contributed by atoms with E-state index in [-0.39, 0.29) is 30.8 Å². The summed E-state index contributed by atoms with van der Waals surface area (Å²) < 4.78 is 44.5. The van der Waals surface area contributed by atoms with Gasteiger partial charge in [-0.25, -0.2) is 0 Å². The number of carbonyl (C=O) groups excluding carboxylic acids is 1. The van der Waals surface area contributed by atoms with Gasteiger partial charge in [-0.15, -0.1) is 12.4 Å². The van der Waals surface area contributed by atoms with Gasteiger partial charge in [0.15, 0.2) is 0 Å². The van der Waals surface area contributed by atoms with Crippen molar-refractivity contribution in [3.05, 3.63) is 35.4 Å². The smallest absolute Gasteiger partial charge is 0.370 e. The minimum Gasteiger partial charge on any atom is -0.370 e. The molecule has 3 unspecified atom stereocenters. The zero-order valence-corrected chi connectivity index (χ0v) is 16.1. The molecule has 2 N–H and O–H groups in total. The highest BCUT2D eigenvalue weighted by atomic mass is 35.5. The third-order valence-corrected chi connectivity index (χ3v) is 5.52. The van der Waals surface area contributed by atoms with Gasteiger partial charge in [-0.3, -0.25) is 4.79 Å². The molecular formula is C19H26ClF3N2O2. The number of rotatable bonds is 2. The molecule has 3 rings (SSSR count). The summed E-state index contributed by atoms with van der Waals surface area (Å²) in [4.78, 5) is 14.7. The van der Waals surface area contributed by atoms with Crippen LogP contribution in [0, 0.1) is 5.92 Å². The number of ether oxygens (including phenoxy) is 1. The first-order valence-electron chi connectivity index (χ1n) is 9.05. The molecule has 1 saturated heterocycles. The lowest BCUT2D eigenvalue weighted by atomic mass is 9.74. The Morgan fingerprint density at radius 1 is 1.33 bits per heavy atom. The van der Waals surface area contributed by atoms with Crippen molar-refractivity contribution >= 4 is 18.3 Å². The van der Waals surface area contributed by atoms with Gasteiger partial charge >= 0.3 is 6.18 Å². The second kappa shape index (κ2) is 8.37. The Morgan fingerprint density at radius 3 is 2.74 bits per heavy atom. The molecule has 1 aromatic rings. The largest absolute Gasteiger partial charge is 0.416 e. The minimum absolute atomic E-state index is 0. The van der Waals surface area contributed by atoms with E-state index in [0.29, 0.717) is 18.7 Å². The lowest BCUT2D eigenvalue weighted by Crippen LogP contribution is -2.55. The number of halogens is 4. The summed E-state index contributed by atoms with van der Waals surface area (Å²) in [5.74, 6) is -0.244. The number of alkyl halides is 3. The van der Waals surface area contributed by atoms with Gasteiger partial charge in [0.2, 0.25) is 5.91 Å². The molecule has 152 valence electrons. The highest BCUT2D eigenvalue weighted by Crippen LogP contribution is 2.35. The first kappa shape index (κ1) is 22.0. The molecule has 0 spiro atoms. The maximum atomic E-state index is 13.0. The van der Waals surface area contributed by atoms with Gasteiger partial charge in [-0.1, -0.05) is 25.0 Å². The Bertz CT molecular complexity index is 667. The normalized spacial score (nSPS) is 29.1. The van der Waals surface area contributed by atoms with E-state index >= 15 is 0 Å².